The maximum absolute atomic E-state index is 12.3. The highest BCUT2D eigenvalue weighted by Gasteiger charge is 2.17. The van der Waals surface area contributed by atoms with Crippen LogP contribution in [0.15, 0.2) is 57.8 Å². The molecule has 0 aliphatic rings. The third-order valence-electron chi connectivity index (χ3n) is 3.71. The van der Waals surface area contributed by atoms with Gasteiger partial charge in [0.15, 0.2) is 5.82 Å². The largest absolute Gasteiger partial charge is 0.442 e. The molecule has 1 N–H and O–H groups in total. The smallest absolute Gasteiger partial charge is 0.324 e. The van der Waals surface area contributed by atoms with Gasteiger partial charge in [-0.05, 0) is 13.0 Å². The standard InChI is InChI=1S/C17H14N4O5/c1-11-7-8-13(9-14(11)21(24)25)18-15(22)10-20-16(19-26-17(20)23)12-5-3-2-4-6-12/h2-9H,10H2,1H3,(H,18,22). The number of aryl methyl sites for hydroxylation is 1. The lowest BCUT2D eigenvalue weighted by molar-refractivity contribution is -0.385. The molecule has 0 bridgehead atoms. The zero-order valence-corrected chi connectivity index (χ0v) is 13.7. The number of benzene rings is 2. The van der Waals surface area contributed by atoms with Crippen molar-refractivity contribution in [3.63, 3.8) is 0 Å². The SMILES string of the molecule is Cc1ccc(NC(=O)Cn2c(-c3ccccc3)noc2=O)cc1[N+](=O)[O-]. The molecule has 132 valence electrons. The fraction of sp³-hybridized carbons (Fsp3) is 0.118. The van der Waals surface area contributed by atoms with Crippen LogP contribution in [0.2, 0.25) is 0 Å². The van der Waals surface area contributed by atoms with Gasteiger partial charge in [0.05, 0.1) is 4.92 Å². The first-order chi connectivity index (χ1) is 12.5. The third-order valence-corrected chi connectivity index (χ3v) is 3.71. The average molecular weight is 354 g/mol. The minimum Gasteiger partial charge on any atom is -0.324 e. The number of nitrogens with zero attached hydrogens (tertiary/aromatic N) is 3. The van der Waals surface area contributed by atoms with E-state index in [9.17, 15) is 19.7 Å². The number of hydrogen-bond acceptors (Lipinski definition) is 6. The highest BCUT2D eigenvalue weighted by molar-refractivity contribution is 5.91. The van der Waals surface area contributed by atoms with Crippen LogP contribution in [0.1, 0.15) is 5.56 Å². The first-order valence-electron chi connectivity index (χ1n) is 7.62. The zero-order valence-electron chi connectivity index (χ0n) is 13.7. The highest BCUT2D eigenvalue weighted by atomic mass is 16.6. The summed E-state index contributed by atoms with van der Waals surface area (Å²) in [7, 11) is 0. The molecule has 0 saturated carbocycles. The Morgan fingerprint density at radius 1 is 1.27 bits per heavy atom. The number of nitro groups is 1. The normalized spacial score (nSPS) is 10.5. The molecule has 1 heterocycles. The van der Waals surface area contributed by atoms with Crippen molar-refractivity contribution < 1.29 is 14.2 Å². The van der Waals surface area contributed by atoms with E-state index >= 15 is 0 Å². The number of hydrogen-bond donors (Lipinski definition) is 1. The van der Waals surface area contributed by atoms with Crippen molar-refractivity contribution in [1.29, 1.82) is 0 Å². The lowest BCUT2D eigenvalue weighted by atomic mass is 10.2. The van der Waals surface area contributed by atoms with Crippen molar-refractivity contribution in [3.05, 3.63) is 74.8 Å². The Hall–Kier alpha value is -3.75. The van der Waals surface area contributed by atoms with Gasteiger partial charge in [-0.1, -0.05) is 41.6 Å². The Kier molecular flexibility index (Phi) is 4.61. The molecule has 26 heavy (non-hydrogen) atoms. The van der Waals surface area contributed by atoms with Gasteiger partial charge >= 0.3 is 5.76 Å². The van der Waals surface area contributed by atoms with Crippen molar-refractivity contribution in [2.45, 2.75) is 13.5 Å². The Morgan fingerprint density at radius 2 is 2.00 bits per heavy atom. The Balaban J connectivity index is 1.82. The molecule has 1 amide bonds. The molecule has 0 radical (unpaired) electrons. The van der Waals surface area contributed by atoms with Gasteiger partial charge in [-0.2, -0.15) is 0 Å². The fourth-order valence-electron chi connectivity index (χ4n) is 2.43. The van der Waals surface area contributed by atoms with Gasteiger partial charge in [0.25, 0.3) is 5.69 Å². The van der Waals surface area contributed by atoms with Crippen LogP contribution in [0.5, 0.6) is 0 Å². The molecule has 9 nitrogen and oxygen atoms in total. The summed E-state index contributed by atoms with van der Waals surface area (Å²) in [4.78, 5) is 34.6. The molecule has 0 fully saturated rings. The molecule has 2 aromatic carbocycles. The van der Waals surface area contributed by atoms with E-state index in [1.807, 2.05) is 6.07 Å². The minimum atomic E-state index is -0.770. The van der Waals surface area contributed by atoms with Crippen molar-refractivity contribution in [3.8, 4) is 11.4 Å². The summed E-state index contributed by atoms with van der Waals surface area (Å²) in [6.07, 6.45) is 0. The summed E-state index contributed by atoms with van der Waals surface area (Å²) in [6.45, 7) is 1.26. The minimum absolute atomic E-state index is 0.102. The van der Waals surface area contributed by atoms with Crippen LogP contribution < -0.4 is 11.1 Å². The van der Waals surface area contributed by atoms with E-state index in [1.165, 1.54) is 12.1 Å². The quantitative estimate of drug-likeness (QED) is 0.555. The summed E-state index contributed by atoms with van der Waals surface area (Å²) in [5.41, 5.74) is 1.26. The first-order valence-corrected chi connectivity index (χ1v) is 7.62. The van der Waals surface area contributed by atoms with Crippen molar-refractivity contribution >= 4 is 17.3 Å². The predicted molar refractivity (Wildman–Crippen MR) is 92.7 cm³/mol. The summed E-state index contributed by atoms with van der Waals surface area (Å²) in [5, 5.41) is 17.2. The number of carbonyl (C=O) groups excluding carboxylic acids is 1. The Morgan fingerprint density at radius 3 is 2.69 bits per heavy atom. The molecule has 3 rings (SSSR count). The lowest BCUT2D eigenvalue weighted by Crippen LogP contribution is -2.25. The number of anilines is 1. The van der Waals surface area contributed by atoms with Crippen LogP contribution in [0.25, 0.3) is 11.4 Å². The van der Waals surface area contributed by atoms with Crippen LogP contribution in [-0.4, -0.2) is 20.6 Å². The van der Waals surface area contributed by atoms with E-state index in [0.29, 0.717) is 11.1 Å². The van der Waals surface area contributed by atoms with Gasteiger partial charge in [0, 0.05) is 22.9 Å². The van der Waals surface area contributed by atoms with E-state index in [-0.39, 0.29) is 23.7 Å². The van der Waals surface area contributed by atoms with Crippen LogP contribution in [-0.2, 0) is 11.3 Å². The van der Waals surface area contributed by atoms with Gasteiger partial charge in [-0.25, -0.2) is 9.36 Å². The number of aromatic nitrogens is 2. The number of nitrogens with one attached hydrogen (secondary N) is 1. The van der Waals surface area contributed by atoms with Gasteiger partial charge in [0.1, 0.15) is 6.54 Å². The maximum Gasteiger partial charge on any atom is 0.442 e. The second kappa shape index (κ2) is 7.01. The number of nitro benzene ring substituents is 1. The molecule has 0 spiro atoms. The van der Waals surface area contributed by atoms with Crippen molar-refractivity contribution in [2.24, 2.45) is 0 Å². The van der Waals surface area contributed by atoms with E-state index in [2.05, 4.69) is 15.0 Å². The molecule has 0 atom stereocenters. The van der Waals surface area contributed by atoms with E-state index in [0.717, 1.165) is 4.57 Å². The first kappa shape index (κ1) is 17.1. The second-order valence-electron chi connectivity index (χ2n) is 5.53. The van der Waals surface area contributed by atoms with E-state index < -0.39 is 16.6 Å². The molecule has 3 aromatic rings. The van der Waals surface area contributed by atoms with Gasteiger partial charge in [-0.3, -0.25) is 19.4 Å². The molecular formula is C17H14N4O5. The number of carbonyl (C=O) groups is 1. The lowest BCUT2D eigenvalue weighted by Gasteiger charge is -2.07. The monoisotopic (exact) mass is 354 g/mol. The predicted octanol–water partition coefficient (Wildman–Crippen LogP) is 2.36. The molecule has 1 aromatic heterocycles. The van der Waals surface area contributed by atoms with Gasteiger partial charge in [-0.15, -0.1) is 0 Å². The zero-order chi connectivity index (χ0) is 18.7. The molecule has 0 saturated heterocycles. The van der Waals surface area contributed by atoms with E-state index in [1.54, 1.807) is 37.3 Å². The maximum atomic E-state index is 12.3. The number of rotatable bonds is 5. The van der Waals surface area contributed by atoms with Crippen molar-refractivity contribution in [2.75, 3.05) is 5.32 Å². The van der Waals surface area contributed by atoms with Crippen LogP contribution >= 0.6 is 0 Å². The molecule has 0 aliphatic heterocycles. The summed E-state index contributed by atoms with van der Waals surface area (Å²) < 4.78 is 5.75. The molecule has 0 unspecified atom stereocenters. The van der Waals surface area contributed by atoms with E-state index in [4.69, 9.17) is 0 Å². The van der Waals surface area contributed by atoms with Crippen LogP contribution in [0.3, 0.4) is 0 Å². The third kappa shape index (κ3) is 3.51. The van der Waals surface area contributed by atoms with Crippen LogP contribution in [0.4, 0.5) is 11.4 Å². The average Bonchev–Trinajstić information content (AvgIpc) is 2.98. The summed E-state index contributed by atoms with van der Waals surface area (Å²) in [5.74, 6) is -1.08. The Labute approximate surface area is 147 Å². The summed E-state index contributed by atoms with van der Waals surface area (Å²) in [6, 6.07) is 13.2. The molecule has 9 heteroatoms. The Bertz CT molecular complexity index is 1020. The topological polar surface area (TPSA) is 120 Å². The van der Waals surface area contributed by atoms with Crippen LogP contribution in [0, 0.1) is 17.0 Å². The summed E-state index contributed by atoms with van der Waals surface area (Å²) >= 11 is 0. The van der Waals surface area contributed by atoms with Crippen molar-refractivity contribution in [1.82, 2.24) is 9.72 Å². The number of amides is 1. The second-order valence-corrected chi connectivity index (χ2v) is 5.53. The fourth-order valence-corrected chi connectivity index (χ4v) is 2.43. The highest BCUT2D eigenvalue weighted by Crippen LogP contribution is 2.22. The molecular weight excluding hydrogens is 340 g/mol. The van der Waals surface area contributed by atoms with Gasteiger partial charge in [0.2, 0.25) is 5.91 Å². The van der Waals surface area contributed by atoms with Gasteiger partial charge < -0.3 is 5.32 Å². The molecule has 0 aliphatic carbocycles.